The van der Waals surface area contributed by atoms with Gasteiger partial charge in [0.05, 0.1) is 6.04 Å². The van der Waals surface area contributed by atoms with Gasteiger partial charge >= 0.3 is 0 Å². The molecule has 28 heavy (non-hydrogen) atoms. The maximum absolute atomic E-state index is 4.77. The van der Waals surface area contributed by atoms with Crippen LogP contribution < -0.4 is 10.6 Å². The number of benzene rings is 3. The van der Waals surface area contributed by atoms with Gasteiger partial charge in [-0.05, 0) is 54.0 Å². The van der Waals surface area contributed by atoms with Crippen molar-refractivity contribution < 1.29 is 0 Å². The van der Waals surface area contributed by atoms with E-state index in [-0.39, 0.29) is 0 Å². The summed E-state index contributed by atoms with van der Waals surface area (Å²) in [6.45, 7) is 4.13. The van der Waals surface area contributed by atoms with Crippen LogP contribution in [0.15, 0.2) is 78.9 Å². The molecule has 2 heteroatoms. The Morgan fingerprint density at radius 1 is 0.679 bits per heavy atom. The smallest absolute Gasteiger partial charge is 0.0538 e. The number of rotatable bonds is 2. The number of hydrogen-bond acceptors (Lipinski definition) is 0. The molecule has 3 aromatic carbocycles. The fourth-order valence-electron chi connectivity index (χ4n) is 4.18. The fourth-order valence-corrected chi connectivity index (χ4v) is 4.18. The highest BCUT2D eigenvalue weighted by Crippen LogP contribution is 2.26. The average Bonchev–Trinajstić information content (AvgIpc) is 2.76. The second kappa shape index (κ2) is 9.18. The van der Waals surface area contributed by atoms with Crippen molar-refractivity contribution in [2.75, 3.05) is 13.1 Å². The minimum atomic E-state index is 0.349. The number of nitrogens with zero attached hydrogens (tertiary/aromatic N) is 2. The van der Waals surface area contributed by atoms with Crippen LogP contribution in [-0.4, -0.2) is 13.1 Å². The molecular weight excluding hydrogens is 340 g/mol. The summed E-state index contributed by atoms with van der Waals surface area (Å²) in [6.07, 6.45) is 3.25. The molecular formula is C26H28N2. The van der Waals surface area contributed by atoms with Crippen molar-refractivity contribution in [1.82, 2.24) is 10.6 Å². The van der Waals surface area contributed by atoms with Crippen molar-refractivity contribution in [1.29, 1.82) is 0 Å². The Kier molecular flexibility index (Phi) is 6.20. The van der Waals surface area contributed by atoms with Crippen molar-refractivity contribution >= 4 is 0 Å². The molecule has 0 fully saturated rings. The van der Waals surface area contributed by atoms with E-state index in [2.05, 4.69) is 91.1 Å². The van der Waals surface area contributed by atoms with Crippen molar-refractivity contribution in [3.05, 3.63) is 107 Å². The van der Waals surface area contributed by atoms with Crippen molar-refractivity contribution in [2.45, 2.75) is 38.3 Å². The molecule has 2 radical (unpaired) electrons. The molecule has 3 aromatic rings. The third-order valence-corrected chi connectivity index (χ3v) is 5.71. The van der Waals surface area contributed by atoms with E-state index < -0.39 is 0 Å². The molecule has 0 aromatic heterocycles. The van der Waals surface area contributed by atoms with Crippen molar-refractivity contribution in [3.8, 4) is 0 Å². The summed E-state index contributed by atoms with van der Waals surface area (Å²) < 4.78 is 0. The Bertz CT molecular complexity index is 888. The van der Waals surface area contributed by atoms with Gasteiger partial charge in [0.25, 0.3) is 0 Å². The average molecular weight is 369 g/mol. The van der Waals surface area contributed by atoms with Crippen LogP contribution in [0.1, 0.15) is 46.8 Å². The highest BCUT2D eigenvalue weighted by atomic mass is 14.9. The van der Waals surface area contributed by atoms with Crippen LogP contribution in [0.5, 0.6) is 0 Å². The molecule has 5 rings (SSSR count). The number of hydrogen-bond donors (Lipinski definition) is 0. The first kappa shape index (κ1) is 18.9. The molecule has 2 aliphatic heterocycles. The normalized spacial score (nSPS) is 20.3. The maximum atomic E-state index is 4.77. The Hall–Kier alpha value is -2.42. The lowest BCUT2D eigenvalue weighted by Crippen LogP contribution is -2.25. The van der Waals surface area contributed by atoms with E-state index in [4.69, 9.17) is 5.32 Å². The van der Waals surface area contributed by atoms with Gasteiger partial charge in [0.1, 0.15) is 0 Å². The maximum Gasteiger partial charge on any atom is 0.0538 e. The molecule has 0 saturated carbocycles. The fraction of sp³-hybridized carbons (Fsp3) is 0.308. The quantitative estimate of drug-likeness (QED) is 0.606. The van der Waals surface area contributed by atoms with Crippen LogP contribution in [0.3, 0.4) is 0 Å². The molecule has 2 atom stereocenters. The van der Waals surface area contributed by atoms with E-state index in [1.807, 2.05) is 0 Å². The first-order valence-corrected chi connectivity index (χ1v) is 10.3. The van der Waals surface area contributed by atoms with Gasteiger partial charge in [-0.1, -0.05) is 78.9 Å². The minimum absolute atomic E-state index is 0.349. The van der Waals surface area contributed by atoms with Gasteiger partial charge < -0.3 is 0 Å². The van der Waals surface area contributed by atoms with Crippen LogP contribution in [0, 0.1) is 0 Å². The van der Waals surface area contributed by atoms with Crippen molar-refractivity contribution in [3.63, 3.8) is 0 Å². The predicted octanol–water partition coefficient (Wildman–Crippen LogP) is 5.04. The topological polar surface area (TPSA) is 28.2 Å². The zero-order valence-corrected chi connectivity index (χ0v) is 16.6. The predicted molar refractivity (Wildman–Crippen MR) is 116 cm³/mol. The van der Waals surface area contributed by atoms with E-state index in [1.165, 1.54) is 27.8 Å². The second-order valence-electron chi connectivity index (χ2n) is 7.59. The monoisotopic (exact) mass is 368 g/mol. The molecule has 0 bridgehead atoms. The minimum Gasteiger partial charge on any atom is -0.234 e. The zero-order valence-electron chi connectivity index (χ0n) is 16.6. The van der Waals surface area contributed by atoms with E-state index in [9.17, 15) is 0 Å². The summed E-state index contributed by atoms with van der Waals surface area (Å²) in [5, 5.41) is 9.24. The standard InChI is InChI=1S/C16H16N.C10H12N/c1-2-6-13(7-3-1)12-16-15-9-5-4-8-14(15)10-11-17-16;1-8-10-5-3-2-4-9(10)6-7-11-8/h1-9,16H,10-12H2;2-5,8H,6-7H2,1H3/t16-;/m0./s1. The highest BCUT2D eigenvalue weighted by Gasteiger charge is 2.20. The van der Waals surface area contributed by atoms with Gasteiger partial charge in [0, 0.05) is 19.1 Å². The molecule has 0 amide bonds. The van der Waals surface area contributed by atoms with Crippen LogP contribution in [0.4, 0.5) is 0 Å². The SMILES string of the molecule is CC1[N]CCc2ccccc21.c1ccc(C[C@@H]2[N]CCc3ccccc32)cc1. The Morgan fingerprint density at radius 2 is 1.25 bits per heavy atom. The summed E-state index contributed by atoms with van der Waals surface area (Å²) in [4.78, 5) is 0. The molecule has 0 N–H and O–H groups in total. The van der Waals surface area contributed by atoms with Gasteiger partial charge in [-0.25, -0.2) is 10.6 Å². The molecule has 2 nitrogen and oxygen atoms in total. The lowest BCUT2D eigenvalue weighted by atomic mass is 9.90. The van der Waals surface area contributed by atoms with E-state index in [0.29, 0.717) is 12.1 Å². The summed E-state index contributed by atoms with van der Waals surface area (Å²) in [5.74, 6) is 0. The lowest BCUT2D eigenvalue weighted by Gasteiger charge is -2.25. The van der Waals surface area contributed by atoms with Gasteiger partial charge in [0.2, 0.25) is 0 Å². The Labute approximate surface area is 169 Å². The summed E-state index contributed by atoms with van der Waals surface area (Å²) in [7, 11) is 0. The van der Waals surface area contributed by atoms with E-state index >= 15 is 0 Å². The second-order valence-corrected chi connectivity index (χ2v) is 7.59. The Balaban J connectivity index is 0.000000151. The molecule has 0 spiro atoms. The number of fused-ring (bicyclic) bond motifs is 2. The van der Waals surface area contributed by atoms with Gasteiger partial charge in [-0.2, -0.15) is 0 Å². The molecule has 1 unspecified atom stereocenters. The van der Waals surface area contributed by atoms with Crippen LogP contribution in [-0.2, 0) is 19.3 Å². The third-order valence-electron chi connectivity index (χ3n) is 5.71. The van der Waals surface area contributed by atoms with Gasteiger partial charge in [-0.15, -0.1) is 0 Å². The Morgan fingerprint density at radius 3 is 1.96 bits per heavy atom. The summed E-state index contributed by atoms with van der Waals surface area (Å²) in [5.41, 5.74) is 7.16. The van der Waals surface area contributed by atoms with Gasteiger partial charge in [0.15, 0.2) is 0 Å². The summed E-state index contributed by atoms with van der Waals surface area (Å²) >= 11 is 0. The van der Waals surface area contributed by atoms with Crippen LogP contribution >= 0.6 is 0 Å². The molecule has 142 valence electrons. The first-order valence-electron chi connectivity index (χ1n) is 10.3. The third kappa shape index (κ3) is 4.52. The van der Waals surface area contributed by atoms with E-state index in [1.54, 1.807) is 0 Å². The van der Waals surface area contributed by atoms with Crippen molar-refractivity contribution in [2.24, 2.45) is 0 Å². The zero-order chi connectivity index (χ0) is 19.2. The largest absolute Gasteiger partial charge is 0.234 e. The van der Waals surface area contributed by atoms with Crippen LogP contribution in [0.2, 0.25) is 0 Å². The molecule has 2 heterocycles. The molecule has 0 aliphatic carbocycles. The highest BCUT2D eigenvalue weighted by molar-refractivity contribution is 5.34. The lowest BCUT2D eigenvalue weighted by molar-refractivity contribution is 0.491. The van der Waals surface area contributed by atoms with Crippen LogP contribution in [0.25, 0.3) is 0 Å². The molecule has 0 saturated heterocycles. The molecule has 2 aliphatic rings. The van der Waals surface area contributed by atoms with Gasteiger partial charge in [-0.3, -0.25) is 0 Å². The first-order chi connectivity index (χ1) is 13.8. The van der Waals surface area contributed by atoms with E-state index in [0.717, 1.165) is 32.4 Å². The summed E-state index contributed by atoms with van der Waals surface area (Å²) in [6, 6.07) is 28.7.